The molecule has 0 aromatic heterocycles. The standard InChI is InChI=1S/C20H22N2O3/c1-25-18-9-7-15(8-10-18)17-11-12-22(14-17)19(23)13-21-20(24)16-5-3-2-4-6-16/h2-10,17H,11-14H2,1H3,(H,21,24)/t17-/m1/s1. The monoisotopic (exact) mass is 338 g/mol. The fraction of sp³-hybridized carbons (Fsp3) is 0.300. The number of nitrogens with one attached hydrogen (secondary N) is 1. The predicted molar refractivity (Wildman–Crippen MR) is 95.7 cm³/mol. The molecule has 1 N–H and O–H groups in total. The maximum Gasteiger partial charge on any atom is 0.251 e. The first-order valence-electron chi connectivity index (χ1n) is 8.42. The molecule has 3 rings (SSSR count). The fourth-order valence-corrected chi connectivity index (χ4v) is 3.09. The quantitative estimate of drug-likeness (QED) is 0.911. The average Bonchev–Trinajstić information content (AvgIpc) is 3.17. The molecule has 2 amide bonds. The van der Waals surface area contributed by atoms with Gasteiger partial charge >= 0.3 is 0 Å². The molecule has 1 fully saturated rings. The summed E-state index contributed by atoms with van der Waals surface area (Å²) in [5, 5.41) is 2.70. The third-order valence-corrected chi connectivity index (χ3v) is 4.56. The molecule has 5 heteroatoms. The highest BCUT2D eigenvalue weighted by atomic mass is 16.5. The van der Waals surface area contributed by atoms with Gasteiger partial charge in [0.05, 0.1) is 13.7 Å². The molecule has 2 aromatic rings. The lowest BCUT2D eigenvalue weighted by atomic mass is 9.98. The molecule has 1 saturated heterocycles. The fourth-order valence-electron chi connectivity index (χ4n) is 3.09. The predicted octanol–water partition coefficient (Wildman–Crippen LogP) is 2.44. The van der Waals surface area contributed by atoms with Crippen LogP contribution in [-0.4, -0.2) is 43.5 Å². The van der Waals surface area contributed by atoms with Gasteiger partial charge in [0.15, 0.2) is 0 Å². The highest BCUT2D eigenvalue weighted by Gasteiger charge is 2.27. The molecule has 1 aliphatic rings. The summed E-state index contributed by atoms with van der Waals surface area (Å²) in [6, 6.07) is 16.9. The molecule has 1 atom stereocenters. The summed E-state index contributed by atoms with van der Waals surface area (Å²) in [4.78, 5) is 26.2. The molecule has 0 unspecified atom stereocenters. The van der Waals surface area contributed by atoms with Crippen LogP contribution < -0.4 is 10.1 Å². The Bertz CT molecular complexity index is 728. The van der Waals surface area contributed by atoms with E-state index in [-0.39, 0.29) is 18.4 Å². The Balaban J connectivity index is 1.51. The molecular formula is C20H22N2O3. The maximum absolute atomic E-state index is 12.3. The van der Waals surface area contributed by atoms with Crippen LogP contribution in [0.2, 0.25) is 0 Å². The highest BCUT2D eigenvalue weighted by molar-refractivity contribution is 5.96. The first-order valence-corrected chi connectivity index (χ1v) is 8.42. The second kappa shape index (κ2) is 7.83. The molecule has 5 nitrogen and oxygen atoms in total. The minimum atomic E-state index is -0.222. The van der Waals surface area contributed by atoms with Gasteiger partial charge in [-0.05, 0) is 36.2 Å². The first kappa shape index (κ1) is 17.0. The van der Waals surface area contributed by atoms with Crippen LogP contribution in [0.25, 0.3) is 0 Å². The van der Waals surface area contributed by atoms with Gasteiger partial charge in [0, 0.05) is 24.6 Å². The molecule has 1 aliphatic heterocycles. The van der Waals surface area contributed by atoms with Crippen molar-refractivity contribution in [3.05, 3.63) is 65.7 Å². The van der Waals surface area contributed by atoms with Crippen LogP contribution in [0.3, 0.4) is 0 Å². The van der Waals surface area contributed by atoms with Gasteiger partial charge in [-0.2, -0.15) is 0 Å². The highest BCUT2D eigenvalue weighted by Crippen LogP contribution is 2.28. The lowest BCUT2D eigenvalue weighted by molar-refractivity contribution is -0.129. The summed E-state index contributed by atoms with van der Waals surface area (Å²) >= 11 is 0. The lowest BCUT2D eigenvalue weighted by Crippen LogP contribution is -2.39. The van der Waals surface area contributed by atoms with Gasteiger partial charge in [0.2, 0.25) is 5.91 Å². The number of hydrogen-bond donors (Lipinski definition) is 1. The number of carbonyl (C=O) groups is 2. The van der Waals surface area contributed by atoms with E-state index in [2.05, 4.69) is 17.4 Å². The summed E-state index contributed by atoms with van der Waals surface area (Å²) in [5.41, 5.74) is 1.78. The van der Waals surface area contributed by atoms with Crippen molar-refractivity contribution in [1.29, 1.82) is 0 Å². The van der Waals surface area contributed by atoms with Gasteiger partial charge in [-0.1, -0.05) is 30.3 Å². The smallest absolute Gasteiger partial charge is 0.251 e. The van der Waals surface area contributed by atoms with Crippen molar-refractivity contribution in [2.45, 2.75) is 12.3 Å². The van der Waals surface area contributed by atoms with Crippen LogP contribution >= 0.6 is 0 Å². The van der Waals surface area contributed by atoms with Gasteiger partial charge in [-0.15, -0.1) is 0 Å². The van der Waals surface area contributed by atoms with Crippen LogP contribution in [0, 0.1) is 0 Å². The first-order chi connectivity index (χ1) is 12.2. The number of nitrogens with zero attached hydrogens (tertiary/aromatic N) is 1. The van der Waals surface area contributed by atoms with E-state index in [1.165, 1.54) is 5.56 Å². The Kier molecular flexibility index (Phi) is 5.33. The van der Waals surface area contributed by atoms with Crippen molar-refractivity contribution in [2.24, 2.45) is 0 Å². The zero-order valence-electron chi connectivity index (χ0n) is 14.3. The minimum absolute atomic E-state index is 0.0308. The summed E-state index contributed by atoms with van der Waals surface area (Å²) in [6.45, 7) is 1.44. The SMILES string of the molecule is COc1ccc([C@@H]2CCN(C(=O)CNC(=O)c3ccccc3)C2)cc1. The van der Waals surface area contributed by atoms with Crippen LogP contribution in [0.1, 0.15) is 28.3 Å². The molecule has 130 valence electrons. The summed E-state index contributed by atoms with van der Waals surface area (Å²) < 4.78 is 5.18. The Morgan fingerprint density at radius 3 is 2.52 bits per heavy atom. The summed E-state index contributed by atoms with van der Waals surface area (Å²) in [7, 11) is 1.65. The average molecular weight is 338 g/mol. The zero-order valence-corrected chi connectivity index (χ0v) is 14.3. The number of rotatable bonds is 5. The van der Waals surface area contributed by atoms with E-state index in [4.69, 9.17) is 4.74 Å². The van der Waals surface area contributed by atoms with Crippen molar-refractivity contribution < 1.29 is 14.3 Å². The molecular weight excluding hydrogens is 316 g/mol. The normalized spacial score (nSPS) is 16.5. The topological polar surface area (TPSA) is 58.6 Å². The second-order valence-electron chi connectivity index (χ2n) is 6.15. The van der Waals surface area contributed by atoms with Crippen molar-refractivity contribution in [2.75, 3.05) is 26.7 Å². The molecule has 0 radical (unpaired) electrons. The molecule has 2 aromatic carbocycles. The zero-order chi connectivity index (χ0) is 17.6. The van der Waals surface area contributed by atoms with E-state index in [1.54, 1.807) is 31.4 Å². The van der Waals surface area contributed by atoms with Crippen molar-refractivity contribution in [1.82, 2.24) is 10.2 Å². The maximum atomic E-state index is 12.3. The Morgan fingerprint density at radius 1 is 1.12 bits per heavy atom. The molecule has 25 heavy (non-hydrogen) atoms. The van der Waals surface area contributed by atoms with Crippen molar-refractivity contribution in [3.63, 3.8) is 0 Å². The van der Waals surface area contributed by atoms with E-state index in [0.29, 0.717) is 18.0 Å². The van der Waals surface area contributed by atoms with Crippen LogP contribution in [-0.2, 0) is 4.79 Å². The van der Waals surface area contributed by atoms with E-state index in [9.17, 15) is 9.59 Å². The van der Waals surface area contributed by atoms with E-state index in [0.717, 1.165) is 18.7 Å². The lowest BCUT2D eigenvalue weighted by Gasteiger charge is -2.17. The Labute approximate surface area is 147 Å². The van der Waals surface area contributed by atoms with Gasteiger partial charge in [0.25, 0.3) is 5.91 Å². The molecule has 0 bridgehead atoms. The third kappa shape index (κ3) is 4.18. The van der Waals surface area contributed by atoms with Gasteiger partial charge in [0.1, 0.15) is 5.75 Å². The van der Waals surface area contributed by atoms with Crippen LogP contribution in [0.4, 0.5) is 0 Å². The van der Waals surface area contributed by atoms with Gasteiger partial charge < -0.3 is 15.0 Å². The minimum Gasteiger partial charge on any atom is -0.497 e. The van der Waals surface area contributed by atoms with E-state index < -0.39 is 0 Å². The number of hydrogen-bond acceptors (Lipinski definition) is 3. The largest absolute Gasteiger partial charge is 0.497 e. The number of ether oxygens (including phenoxy) is 1. The van der Waals surface area contributed by atoms with E-state index in [1.807, 2.05) is 23.1 Å². The third-order valence-electron chi connectivity index (χ3n) is 4.56. The van der Waals surface area contributed by atoms with Crippen molar-refractivity contribution in [3.8, 4) is 5.75 Å². The van der Waals surface area contributed by atoms with Gasteiger partial charge in [-0.3, -0.25) is 9.59 Å². The molecule has 1 heterocycles. The Morgan fingerprint density at radius 2 is 1.84 bits per heavy atom. The number of amides is 2. The molecule has 0 aliphatic carbocycles. The van der Waals surface area contributed by atoms with E-state index >= 15 is 0 Å². The van der Waals surface area contributed by atoms with Gasteiger partial charge in [-0.25, -0.2) is 0 Å². The second-order valence-corrected chi connectivity index (χ2v) is 6.15. The number of likely N-dealkylation sites (tertiary alicyclic amines) is 1. The van der Waals surface area contributed by atoms with Crippen LogP contribution in [0.15, 0.2) is 54.6 Å². The molecule has 0 saturated carbocycles. The van der Waals surface area contributed by atoms with Crippen molar-refractivity contribution >= 4 is 11.8 Å². The number of methoxy groups -OCH3 is 1. The number of benzene rings is 2. The summed E-state index contributed by atoms with van der Waals surface area (Å²) in [6.07, 6.45) is 0.935. The Hall–Kier alpha value is -2.82. The summed E-state index contributed by atoms with van der Waals surface area (Å²) in [5.74, 6) is 0.901. The molecule has 0 spiro atoms. The van der Waals surface area contributed by atoms with Crippen LogP contribution in [0.5, 0.6) is 5.75 Å². The number of carbonyl (C=O) groups excluding carboxylic acids is 2.